The first-order valence-electron chi connectivity index (χ1n) is 11.6. The Balaban J connectivity index is 1.75. The minimum absolute atomic E-state index is 0.186. The number of ether oxygens (including phenoxy) is 1. The molecule has 0 unspecified atom stereocenters. The van der Waals surface area contributed by atoms with Gasteiger partial charge in [0, 0.05) is 31.3 Å². The van der Waals surface area contributed by atoms with Crippen LogP contribution in [0.2, 0.25) is 0 Å². The van der Waals surface area contributed by atoms with Crippen molar-refractivity contribution in [3.05, 3.63) is 36.2 Å². The molecule has 1 aliphatic rings. The van der Waals surface area contributed by atoms with E-state index in [2.05, 4.69) is 36.6 Å². The second kappa shape index (κ2) is 9.61. The zero-order chi connectivity index (χ0) is 25.1. The SMILES string of the molecule is CC(C)(C)OC(=O)N1CCC(Cc2cccc(Nc3ccnn3C(C)(C)C)n2)(C(=O)NN)CC1. The summed E-state index contributed by atoms with van der Waals surface area (Å²) in [5, 5.41) is 7.74. The fourth-order valence-electron chi connectivity index (χ4n) is 4.14. The van der Waals surface area contributed by atoms with Crippen LogP contribution >= 0.6 is 0 Å². The van der Waals surface area contributed by atoms with E-state index in [0.29, 0.717) is 38.2 Å². The van der Waals surface area contributed by atoms with Crippen LogP contribution in [0.3, 0.4) is 0 Å². The maximum atomic E-state index is 12.9. The lowest BCUT2D eigenvalue weighted by Crippen LogP contribution is -2.53. The number of amides is 2. The minimum atomic E-state index is -0.758. The van der Waals surface area contributed by atoms with Gasteiger partial charge < -0.3 is 15.0 Å². The van der Waals surface area contributed by atoms with Crippen LogP contribution in [-0.2, 0) is 21.5 Å². The average Bonchev–Trinajstić information content (AvgIpc) is 3.21. The molecule has 2 amide bonds. The van der Waals surface area contributed by atoms with Crippen molar-refractivity contribution in [1.82, 2.24) is 25.1 Å². The number of anilines is 2. The molecule has 2 aromatic heterocycles. The highest BCUT2D eigenvalue weighted by Gasteiger charge is 2.43. The summed E-state index contributed by atoms with van der Waals surface area (Å²) in [5.74, 6) is 6.80. The Hall–Kier alpha value is -3.14. The van der Waals surface area contributed by atoms with E-state index < -0.39 is 11.0 Å². The fourth-order valence-corrected chi connectivity index (χ4v) is 4.14. The number of rotatable bonds is 5. The summed E-state index contributed by atoms with van der Waals surface area (Å²) in [4.78, 5) is 31.7. The molecule has 10 heteroatoms. The summed E-state index contributed by atoms with van der Waals surface area (Å²) in [6.45, 7) is 12.6. The van der Waals surface area contributed by atoms with Gasteiger partial charge in [-0.1, -0.05) is 6.07 Å². The van der Waals surface area contributed by atoms with E-state index >= 15 is 0 Å². The van der Waals surface area contributed by atoms with Crippen molar-refractivity contribution >= 4 is 23.6 Å². The summed E-state index contributed by atoms with van der Waals surface area (Å²) in [6, 6.07) is 7.59. The van der Waals surface area contributed by atoms with Crippen LogP contribution in [0.25, 0.3) is 0 Å². The molecule has 4 N–H and O–H groups in total. The van der Waals surface area contributed by atoms with E-state index in [-0.39, 0.29) is 17.5 Å². The fraction of sp³-hybridized carbons (Fsp3) is 0.583. The number of nitrogens with two attached hydrogens (primary N) is 1. The first kappa shape index (κ1) is 25.5. The molecular weight excluding hydrogens is 434 g/mol. The van der Waals surface area contributed by atoms with Crippen LogP contribution in [0, 0.1) is 5.41 Å². The predicted octanol–water partition coefficient (Wildman–Crippen LogP) is 3.33. The molecule has 0 spiro atoms. The number of hydrazine groups is 1. The Kier molecular flexibility index (Phi) is 7.21. The Morgan fingerprint density at radius 2 is 1.79 bits per heavy atom. The molecule has 1 fully saturated rings. The maximum Gasteiger partial charge on any atom is 0.410 e. The van der Waals surface area contributed by atoms with Gasteiger partial charge in [-0.2, -0.15) is 5.10 Å². The van der Waals surface area contributed by atoms with E-state index in [4.69, 9.17) is 15.6 Å². The van der Waals surface area contributed by atoms with Crippen LogP contribution < -0.4 is 16.6 Å². The van der Waals surface area contributed by atoms with Gasteiger partial charge in [-0.05, 0) is 66.5 Å². The van der Waals surface area contributed by atoms with Gasteiger partial charge in [0.2, 0.25) is 5.91 Å². The monoisotopic (exact) mass is 471 g/mol. The number of hydrogen-bond acceptors (Lipinski definition) is 7. The topological polar surface area (TPSA) is 127 Å². The number of carbonyl (C=O) groups is 2. The molecule has 10 nitrogen and oxygen atoms in total. The van der Waals surface area contributed by atoms with Gasteiger partial charge in [-0.25, -0.2) is 20.3 Å². The lowest BCUT2D eigenvalue weighted by Gasteiger charge is -2.40. The van der Waals surface area contributed by atoms with Gasteiger partial charge in [0.1, 0.15) is 17.2 Å². The zero-order valence-corrected chi connectivity index (χ0v) is 21.0. The number of likely N-dealkylation sites (tertiary alicyclic amines) is 1. The molecule has 0 aliphatic carbocycles. The molecule has 0 aromatic carbocycles. The summed E-state index contributed by atoms with van der Waals surface area (Å²) in [7, 11) is 0. The first-order valence-corrected chi connectivity index (χ1v) is 11.6. The van der Waals surface area contributed by atoms with Crippen LogP contribution in [0.15, 0.2) is 30.5 Å². The molecule has 0 bridgehead atoms. The van der Waals surface area contributed by atoms with Gasteiger partial charge in [-0.15, -0.1) is 0 Å². The Morgan fingerprint density at radius 3 is 2.38 bits per heavy atom. The van der Waals surface area contributed by atoms with Gasteiger partial charge >= 0.3 is 6.09 Å². The molecule has 3 rings (SSSR count). The maximum absolute atomic E-state index is 12.9. The van der Waals surface area contributed by atoms with Crippen molar-refractivity contribution in [1.29, 1.82) is 0 Å². The third kappa shape index (κ3) is 6.05. The number of carbonyl (C=O) groups excluding carboxylic acids is 2. The second-order valence-corrected chi connectivity index (χ2v) is 10.8. The lowest BCUT2D eigenvalue weighted by molar-refractivity contribution is -0.134. The number of hydrogen-bond donors (Lipinski definition) is 3. The van der Waals surface area contributed by atoms with E-state index in [1.165, 1.54) is 0 Å². The van der Waals surface area contributed by atoms with E-state index in [9.17, 15) is 9.59 Å². The molecular formula is C24H37N7O3. The highest BCUT2D eigenvalue weighted by Crippen LogP contribution is 2.36. The average molecular weight is 472 g/mol. The van der Waals surface area contributed by atoms with Crippen molar-refractivity contribution in [2.75, 3.05) is 18.4 Å². The normalized spacial score (nSPS) is 16.1. The zero-order valence-electron chi connectivity index (χ0n) is 21.0. The van der Waals surface area contributed by atoms with Crippen molar-refractivity contribution in [2.24, 2.45) is 11.3 Å². The van der Waals surface area contributed by atoms with Gasteiger partial charge in [-0.3, -0.25) is 10.2 Å². The molecule has 186 valence electrons. The van der Waals surface area contributed by atoms with E-state index in [1.807, 2.05) is 49.7 Å². The summed E-state index contributed by atoms with van der Waals surface area (Å²) in [6.07, 6.45) is 2.72. The Bertz CT molecular complexity index is 1010. The van der Waals surface area contributed by atoms with Crippen molar-refractivity contribution in [3.63, 3.8) is 0 Å². The number of pyridine rings is 1. The quantitative estimate of drug-likeness (QED) is 0.347. The second-order valence-electron chi connectivity index (χ2n) is 10.8. The molecule has 0 radical (unpaired) electrons. The Labute approximate surface area is 201 Å². The summed E-state index contributed by atoms with van der Waals surface area (Å²) >= 11 is 0. The number of piperidine rings is 1. The summed E-state index contributed by atoms with van der Waals surface area (Å²) < 4.78 is 7.38. The molecule has 3 heterocycles. The smallest absolute Gasteiger partial charge is 0.410 e. The molecule has 0 atom stereocenters. The third-order valence-corrected chi connectivity index (χ3v) is 5.85. The predicted molar refractivity (Wildman–Crippen MR) is 130 cm³/mol. The van der Waals surface area contributed by atoms with Crippen molar-refractivity contribution < 1.29 is 14.3 Å². The van der Waals surface area contributed by atoms with Crippen molar-refractivity contribution in [2.45, 2.75) is 71.9 Å². The highest BCUT2D eigenvalue weighted by molar-refractivity contribution is 5.83. The number of nitrogens with zero attached hydrogens (tertiary/aromatic N) is 4. The van der Waals surface area contributed by atoms with Crippen LogP contribution in [0.1, 0.15) is 60.1 Å². The van der Waals surface area contributed by atoms with Gasteiger partial charge in [0.25, 0.3) is 0 Å². The largest absolute Gasteiger partial charge is 0.444 e. The number of aromatic nitrogens is 3. The van der Waals surface area contributed by atoms with Gasteiger partial charge in [0.05, 0.1) is 17.2 Å². The molecule has 1 saturated heterocycles. The Morgan fingerprint density at radius 1 is 1.12 bits per heavy atom. The van der Waals surface area contributed by atoms with Crippen molar-refractivity contribution in [3.8, 4) is 0 Å². The highest BCUT2D eigenvalue weighted by atomic mass is 16.6. The molecule has 34 heavy (non-hydrogen) atoms. The summed E-state index contributed by atoms with van der Waals surface area (Å²) in [5.41, 5.74) is 1.58. The molecule has 0 saturated carbocycles. The number of nitrogens with one attached hydrogen (secondary N) is 2. The van der Waals surface area contributed by atoms with Crippen LogP contribution in [0.4, 0.5) is 16.4 Å². The van der Waals surface area contributed by atoms with Gasteiger partial charge in [0.15, 0.2) is 0 Å². The van der Waals surface area contributed by atoms with Crippen LogP contribution in [0.5, 0.6) is 0 Å². The molecule has 1 aliphatic heterocycles. The first-order chi connectivity index (χ1) is 15.8. The minimum Gasteiger partial charge on any atom is -0.444 e. The van der Waals surface area contributed by atoms with Crippen LogP contribution in [-0.4, -0.2) is 50.4 Å². The third-order valence-electron chi connectivity index (χ3n) is 5.85. The lowest BCUT2D eigenvalue weighted by atomic mass is 9.74. The van der Waals surface area contributed by atoms with E-state index in [1.54, 1.807) is 11.1 Å². The van der Waals surface area contributed by atoms with E-state index in [0.717, 1.165) is 11.5 Å². The standard InChI is InChI=1S/C24H37N7O3/c1-22(2,3)31-19(10-13-26-31)28-18-9-7-8-17(27-18)16-24(20(32)29-25)11-14-30(15-12-24)21(33)34-23(4,5)6/h7-10,13H,11-12,14-16,25H2,1-6H3,(H,27,28)(H,29,32). The molecule has 2 aromatic rings.